The maximum atomic E-state index is 5.96. The van der Waals surface area contributed by atoms with E-state index >= 15 is 0 Å². The molecule has 3 nitrogen and oxygen atoms in total. The average molecular weight is 342 g/mol. The van der Waals surface area contributed by atoms with Gasteiger partial charge in [0, 0.05) is 22.1 Å². The third-order valence-corrected chi connectivity index (χ3v) is 4.66. The van der Waals surface area contributed by atoms with Crippen LogP contribution in [-0.2, 0) is 6.61 Å². The van der Waals surface area contributed by atoms with Crippen molar-refractivity contribution in [2.75, 3.05) is 7.11 Å². The van der Waals surface area contributed by atoms with E-state index < -0.39 is 0 Å². The molecule has 0 spiro atoms. The molecule has 0 saturated carbocycles. The van der Waals surface area contributed by atoms with Gasteiger partial charge in [-0.25, -0.2) is 0 Å². The molecule has 0 aliphatic rings. The van der Waals surface area contributed by atoms with Crippen LogP contribution in [0.25, 0.3) is 0 Å². The Morgan fingerprint density at radius 3 is 2.74 bits per heavy atom. The second kappa shape index (κ2) is 6.41. The summed E-state index contributed by atoms with van der Waals surface area (Å²) in [5.41, 5.74) is 6.94. The molecule has 1 heterocycles. The van der Waals surface area contributed by atoms with Gasteiger partial charge in [0.05, 0.1) is 12.0 Å². The molecule has 2 rings (SSSR count). The summed E-state index contributed by atoms with van der Waals surface area (Å²) < 4.78 is 12.2. The number of nitrogens with two attached hydrogens (primary N) is 1. The molecular formula is C14H16BrNO2S. The number of hydrogen-bond acceptors (Lipinski definition) is 4. The number of thiophene rings is 1. The topological polar surface area (TPSA) is 44.5 Å². The molecule has 0 radical (unpaired) electrons. The highest BCUT2D eigenvalue weighted by atomic mass is 79.9. The predicted molar refractivity (Wildman–Crippen MR) is 81.9 cm³/mol. The SMILES string of the molecule is COc1ccc([C@@H](C)N)c(OCc2sccc2Br)c1. The maximum Gasteiger partial charge on any atom is 0.128 e. The molecule has 0 unspecified atom stereocenters. The van der Waals surface area contributed by atoms with Gasteiger partial charge in [0.2, 0.25) is 0 Å². The molecule has 2 aromatic rings. The summed E-state index contributed by atoms with van der Waals surface area (Å²) in [6.45, 7) is 2.46. The summed E-state index contributed by atoms with van der Waals surface area (Å²) in [7, 11) is 1.64. The lowest BCUT2D eigenvalue weighted by Gasteiger charge is -2.15. The number of hydrogen-bond donors (Lipinski definition) is 1. The van der Waals surface area contributed by atoms with Crippen LogP contribution >= 0.6 is 27.3 Å². The van der Waals surface area contributed by atoms with Crippen molar-refractivity contribution < 1.29 is 9.47 Å². The van der Waals surface area contributed by atoms with Gasteiger partial charge in [0.15, 0.2) is 0 Å². The van der Waals surface area contributed by atoms with E-state index in [-0.39, 0.29) is 6.04 Å². The molecule has 1 aromatic heterocycles. The lowest BCUT2D eigenvalue weighted by molar-refractivity contribution is 0.301. The van der Waals surface area contributed by atoms with Gasteiger partial charge in [0.1, 0.15) is 18.1 Å². The van der Waals surface area contributed by atoms with E-state index in [1.54, 1.807) is 18.4 Å². The fraction of sp³-hybridized carbons (Fsp3) is 0.286. The minimum Gasteiger partial charge on any atom is -0.497 e. The van der Waals surface area contributed by atoms with Crippen molar-refractivity contribution in [1.82, 2.24) is 0 Å². The number of rotatable bonds is 5. The van der Waals surface area contributed by atoms with E-state index in [0.29, 0.717) is 6.61 Å². The van der Waals surface area contributed by atoms with E-state index in [2.05, 4.69) is 15.9 Å². The molecule has 1 atom stereocenters. The summed E-state index contributed by atoms with van der Waals surface area (Å²) >= 11 is 5.16. The van der Waals surface area contributed by atoms with Gasteiger partial charge in [-0.2, -0.15) is 0 Å². The first-order chi connectivity index (χ1) is 9.11. The zero-order chi connectivity index (χ0) is 13.8. The molecule has 0 saturated heterocycles. The summed E-state index contributed by atoms with van der Waals surface area (Å²) in [6.07, 6.45) is 0. The predicted octanol–water partition coefficient (Wildman–Crippen LogP) is 4.12. The molecule has 0 amide bonds. The van der Waals surface area contributed by atoms with Crippen molar-refractivity contribution in [3.63, 3.8) is 0 Å². The van der Waals surface area contributed by atoms with Crippen molar-refractivity contribution in [3.8, 4) is 11.5 Å². The van der Waals surface area contributed by atoms with Gasteiger partial charge < -0.3 is 15.2 Å². The number of methoxy groups -OCH3 is 1. The maximum absolute atomic E-state index is 5.96. The van der Waals surface area contributed by atoms with E-state index in [1.807, 2.05) is 36.6 Å². The fourth-order valence-corrected chi connectivity index (χ4v) is 3.09. The minimum atomic E-state index is -0.0762. The van der Waals surface area contributed by atoms with Crippen LogP contribution in [0.15, 0.2) is 34.1 Å². The van der Waals surface area contributed by atoms with Crippen molar-refractivity contribution in [3.05, 3.63) is 44.6 Å². The van der Waals surface area contributed by atoms with Crippen molar-refractivity contribution in [2.45, 2.75) is 19.6 Å². The Morgan fingerprint density at radius 2 is 2.16 bits per heavy atom. The van der Waals surface area contributed by atoms with Gasteiger partial charge in [-0.3, -0.25) is 0 Å². The monoisotopic (exact) mass is 341 g/mol. The second-order valence-electron chi connectivity index (χ2n) is 4.17. The molecule has 19 heavy (non-hydrogen) atoms. The lowest BCUT2D eigenvalue weighted by atomic mass is 10.1. The molecule has 5 heteroatoms. The Hall–Kier alpha value is -1.04. The highest BCUT2D eigenvalue weighted by Gasteiger charge is 2.11. The zero-order valence-corrected chi connectivity index (χ0v) is 13.3. The lowest BCUT2D eigenvalue weighted by Crippen LogP contribution is -2.08. The second-order valence-corrected chi connectivity index (χ2v) is 6.03. The molecule has 2 N–H and O–H groups in total. The summed E-state index contributed by atoms with van der Waals surface area (Å²) in [6, 6.07) is 7.66. The Kier molecular flexibility index (Phi) is 4.85. The van der Waals surface area contributed by atoms with Gasteiger partial charge in [0.25, 0.3) is 0 Å². The van der Waals surface area contributed by atoms with Crippen molar-refractivity contribution >= 4 is 27.3 Å². The molecule has 0 aliphatic carbocycles. The van der Waals surface area contributed by atoms with Crippen LogP contribution in [0.3, 0.4) is 0 Å². The van der Waals surface area contributed by atoms with E-state index in [0.717, 1.165) is 26.4 Å². The van der Waals surface area contributed by atoms with Crippen LogP contribution < -0.4 is 15.2 Å². The van der Waals surface area contributed by atoms with Crippen LogP contribution in [0.5, 0.6) is 11.5 Å². The highest BCUT2D eigenvalue weighted by Crippen LogP contribution is 2.31. The molecular weight excluding hydrogens is 326 g/mol. The fourth-order valence-electron chi connectivity index (χ4n) is 1.71. The third-order valence-electron chi connectivity index (χ3n) is 2.76. The first-order valence-electron chi connectivity index (χ1n) is 5.90. The highest BCUT2D eigenvalue weighted by molar-refractivity contribution is 9.10. The van der Waals surface area contributed by atoms with Gasteiger partial charge >= 0.3 is 0 Å². The number of halogens is 1. The number of benzene rings is 1. The first-order valence-corrected chi connectivity index (χ1v) is 7.57. The quantitative estimate of drug-likeness (QED) is 0.889. The minimum absolute atomic E-state index is 0.0762. The first kappa shape index (κ1) is 14.4. The molecule has 0 aliphatic heterocycles. The zero-order valence-electron chi connectivity index (χ0n) is 10.9. The number of ether oxygens (including phenoxy) is 2. The van der Waals surface area contributed by atoms with E-state index in [1.165, 1.54) is 0 Å². The molecule has 102 valence electrons. The Labute approximate surface area is 125 Å². The molecule has 0 bridgehead atoms. The average Bonchev–Trinajstić information content (AvgIpc) is 2.81. The van der Waals surface area contributed by atoms with Crippen LogP contribution in [0, 0.1) is 0 Å². The Balaban J connectivity index is 2.20. The normalized spacial score (nSPS) is 12.2. The van der Waals surface area contributed by atoms with Gasteiger partial charge in [-0.15, -0.1) is 11.3 Å². The van der Waals surface area contributed by atoms with Crippen molar-refractivity contribution in [2.24, 2.45) is 5.73 Å². The standard InChI is InChI=1S/C14H16BrNO2S/c1-9(16)11-4-3-10(17-2)7-13(11)18-8-14-12(15)5-6-19-14/h3-7,9H,8,16H2,1-2H3/t9-/m1/s1. The van der Waals surface area contributed by atoms with Gasteiger partial charge in [-0.1, -0.05) is 6.07 Å². The molecule has 0 fully saturated rings. The summed E-state index contributed by atoms with van der Waals surface area (Å²) in [4.78, 5) is 1.15. The Bertz CT molecular complexity index is 554. The van der Waals surface area contributed by atoms with Crippen LogP contribution in [0.4, 0.5) is 0 Å². The molecule has 1 aromatic carbocycles. The van der Waals surface area contributed by atoms with Crippen LogP contribution in [0.2, 0.25) is 0 Å². The van der Waals surface area contributed by atoms with Gasteiger partial charge in [-0.05, 0) is 40.4 Å². The summed E-state index contributed by atoms with van der Waals surface area (Å²) in [5, 5.41) is 2.03. The van der Waals surface area contributed by atoms with Crippen LogP contribution in [0.1, 0.15) is 23.4 Å². The van der Waals surface area contributed by atoms with Crippen LogP contribution in [-0.4, -0.2) is 7.11 Å². The third kappa shape index (κ3) is 3.49. The van der Waals surface area contributed by atoms with E-state index in [9.17, 15) is 0 Å². The smallest absolute Gasteiger partial charge is 0.128 e. The largest absolute Gasteiger partial charge is 0.497 e. The van der Waals surface area contributed by atoms with E-state index in [4.69, 9.17) is 15.2 Å². The summed E-state index contributed by atoms with van der Waals surface area (Å²) in [5.74, 6) is 1.54. The van der Waals surface area contributed by atoms with Crippen molar-refractivity contribution in [1.29, 1.82) is 0 Å². The Morgan fingerprint density at radius 1 is 1.37 bits per heavy atom.